The van der Waals surface area contributed by atoms with Crippen LogP contribution in [0.1, 0.15) is 42.6 Å². The van der Waals surface area contributed by atoms with Crippen molar-refractivity contribution in [2.45, 2.75) is 32.2 Å². The largest absolute Gasteiger partial charge is 0.504 e. The minimum atomic E-state index is -0.327. The minimum absolute atomic E-state index is 0.0487. The molecule has 0 spiro atoms. The summed E-state index contributed by atoms with van der Waals surface area (Å²) in [5.41, 5.74) is 4.52. The van der Waals surface area contributed by atoms with Crippen molar-refractivity contribution in [3.05, 3.63) is 40.8 Å². The van der Waals surface area contributed by atoms with Crippen molar-refractivity contribution >= 4 is 16.9 Å². The third kappa shape index (κ3) is 3.55. The number of H-pyrrole nitrogens is 1. The van der Waals surface area contributed by atoms with Crippen LogP contribution in [0.25, 0.3) is 10.9 Å². The van der Waals surface area contributed by atoms with Crippen LogP contribution in [0.5, 0.6) is 5.75 Å². The van der Waals surface area contributed by atoms with Gasteiger partial charge in [-0.05, 0) is 42.4 Å². The van der Waals surface area contributed by atoms with Gasteiger partial charge in [-0.25, -0.2) is 4.79 Å². The van der Waals surface area contributed by atoms with Crippen molar-refractivity contribution in [3.8, 4) is 11.8 Å². The molecule has 2 aliphatic heterocycles. The first-order valence-electron chi connectivity index (χ1n) is 10.7. The van der Waals surface area contributed by atoms with Gasteiger partial charge in [0.05, 0.1) is 56.4 Å². The van der Waals surface area contributed by atoms with Crippen LogP contribution in [0.4, 0.5) is 0 Å². The van der Waals surface area contributed by atoms with Gasteiger partial charge in [-0.1, -0.05) is 13.3 Å². The standard InChI is InChI=1S/C24H29N3O4/c1-5-15-12-27-7-6-16-22-19(8-14(11-25)9-21(22)30-3)26-23(16)20(27)10-17(15)18(13-29-2)24(28)31-4/h8-9,13,15,17,20,26H,5-7,10,12H2,1-4H3/b18-13+/t15-,17+,20+/m1/s1. The number of rotatable bonds is 5. The molecular weight excluding hydrogens is 394 g/mol. The summed E-state index contributed by atoms with van der Waals surface area (Å²) < 4.78 is 15.9. The summed E-state index contributed by atoms with van der Waals surface area (Å²) in [6.07, 6.45) is 4.25. The third-order valence-corrected chi connectivity index (χ3v) is 6.88. The Balaban J connectivity index is 1.79. The summed E-state index contributed by atoms with van der Waals surface area (Å²) in [5.74, 6) is 0.801. The summed E-state index contributed by atoms with van der Waals surface area (Å²) in [7, 11) is 4.62. The molecule has 3 heterocycles. The Morgan fingerprint density at radius 2 is 2.16 bits per heavy atom. The zero-order chi connectivity index (χ0) is 22.1. The van der Waals surface area contributed by atoms with Crippen LogP contribution in [0.15, 0.2) is 24.0 Å². The molecule has 31 heavy (non-hydrogen) atoms. The topological polar surface area (TPSA) is 87.6 Å². The molecule has 1 N–H and O–H groups in total. The van der Waals surface area contributed by atoms with E-state index in [2.05, 4.69) is 22.9 Å². The molecule has 1 aromatic heterocycles. The molecular formula is C24H29N3O4. The number of hydrogen-bond donors (Lipinski definition) is 1. The lowest BCUT2D eigenvalue weighted by atomic mass is 9.74. The molecule has 3 atom stereocenters. The fraction of sp³-hybridized carbons (Fsp3) is 0.500. The Morgan fingerprint density at radius 3 is 2.81 bits per heavy atom. The van der Waals surface area contributed by atoms with Crippen LogP contribution in [-0.2, 0) is 20.7 Å². The lowest BCUT2D eigenvalue weighted by molar-refractivity contribution is -0.137. The molecule has 2 aliphatic rings. The molecule has 164 valence electrons. The van der Waals surface area contributed by atoms with Crippen LogP contribution in [0.2, 0.25) is 0 Å². The van der Waals surface area contributed by atoms with E-state index in [0.29, 0.717) is 17.1 Å². The van der Waals surface area contributed by atoms with Gasteiger partial charge in [0.15, 0.2) is 0 Å². The Morgan fingerprint density at radius 1 is 1.35 bits per heavy atom. The maximum absolute atomic E-state index is 12.5. The van der Waals surface area contributed by atoms with Crippen LogP contribution in [-0.4, -0.2) is 50.3 Å². The molecule has 0 unspecified atom stereocenters. The smallest absolute Gasteiger partial charge is 0.337 e. The highest BCUT2D eigenvalue weighted by Gasteiger charge is 2.42. The SMILES string of the molecule is CC[C@@H]1CN2CCc3c([nH]c4cc(C#N)cc(OC)c34)[C@@H]2C[C@@H]1/C(=C\OC)C(=O)OC. The second kappa shape index (κ2) is 8.64. The highest BCUT2D eigenvalue weighted by Crippen LogP contribution is 2.47. The Bertz CT molecular complexity index is 1060. The third-order valence-electron chi connectivity index (χ3n) is 6.88. The molecule has 1 aromatic carbocycles. The number of aromatic nitrogens is 1. The summed E-state index contributed by atoms with van der Waals surface area (Å²) >= 11 is 0. The number of carbonyl (C=O) groups is 1. The van der Waals surface area contributed by atoms with Crippen LogP contribution in [0.3, 0.4) is 0 Å². The van der Waals surface area contributed by atoms with E-state index in [1.807, 2.05) is 6.07 Å². The number of nitriles is 1. The average molecular weight is 424 g/mol. The van der Waals surface area contributed by atoms with Crippen LogP contribution in [0, 0.1) is 23.2 Å². The molecule has 1 fully saturated rings. The van der Waals surface area contributed by atoms with E-state index in [1.165, 1.54) is 12.7 Å². The average Bonchev–Trinajstić information content (AvgIpc) is 3.19. The van der Waals surface area contributed by atoms with E-state index in [-0.39, 0.29) is 17.9 Å². The fourth-order valence-corrected chi connectivity index (χ4v) is 5.42. The van der Waals surface area contributed by atoms with E-state index in [9.17, 15) is 10.1 Å². The van der Waals surface area contributed by atoms with Gasteiger partial charge in [0.1, 0.15) is 5.75 Å². The zero-order valence-electron chi connectivity index (χ0n) is 18.5. The summed E-state index contributed by atoms with van der Waals surface area (Å²) in [6, 6.07) is 6.06. The zero-order valence-corrected chi connectivity index (χ0v) is 18.5. The number of esters is 1. The molecule has 0 radical (unpaired) electrons. The van der Waals surface area contributed by atoms with Crippen molar-refractivity contribution in [2.24, 2.45) is 11.8 Å². The fourth-order valence-electron chi connectivity index (χ4n) is 5.42. The first-order chi connectivity index (χ1) is 15.1. The van der Waals surface area contributed by atoms with Gasteiger partial charge >= 0.3 is 5.97 Å². The van der Waals surface area contributed by atoms with E-state index in [1.54, 1.807) is 26.5 Å². The Kier molecular flexibility index (Phi) is 5.92. The molecule has 0 saturated carbocycles. The summed E-state index contributed by atoms with van der Waals surface area (Å²) in [6.45, 7) is 4.05. The van der Waals surface area contributed by atoms with E-state index >= 15 is 0 Å². The van der Waals surface area contributed by atoms with Crippen molar-refractivity contribution in [1.82, 2.24) is 9.88 Å². The van der Waals surface area contributed by atoms with Gasteiger partial charge in [-0.2, -0.15) is 5.26 Å². The number of nitrogens with zero attached hydrogens (tertiary/aromatic N) is 2. The van der Waals surface area contributed by atoms with Crippen molar-refractivity contribution < 1.29 is 19.0 Å². The van der Waals surface area contributed by atoms with Gasteiger partial charge in [0.2, 0.25) is 0 Å². The predicted molar refractivity (Wildman–Crippen MR) is 117 cm³/mol. The second-order valence-electron chi connectivity index (χ2n) is 8.30. The van der Waals surface area contributed by atoms with E-state index < -0.39 is 0 Å². The maximum atomic E-state index is 12.5. The summed E-state index contributed by atoms with van der Waals surface area (Å²) in [5, 5.41) is 10.5. The highest BCUT2D eigenvalue weighted by atomic mass is 16.5. The second-order valence-corrected chi connectivity index (χ2v) is 8.30. The molecule has 4 rings (SSSR count). The van der Waals surface area contributed by atoms with E-state index in [4.69, 9.17) is 14.2 Å². The number of benzene rings is 1. The first-order valence-corrected chi connectivity index (χ1v) is 10.7. The first kappa shape index (κ1) is 21.3. The van der Waals surface area contributed by atoms with Gasteiger partial charge in [0, 0.05) is 24.2 Å². The van der Waals surface area contributed by atoms with Crippen LogP contribution >= 0.6 is 0 Å². The molecule has 0 aliphatic carbocycles. The monoisotopic (exact) mass is 423 g/mol. The number of carbonyl (C=O) groups excluding carboxylic acids is 1. The van der Waals surface area contributed by atoms with Crippen LogP contribution < -0.4 is 4.74 Å². The number of hydrogen-bond acceptors (Lipinski definition) is 6. The number of fused-ring (bicyclic) bond motifs is 5. The van der Waals surface area contributed by atoms with Gasteiger partial charge in [-0.3, -0.25) is 4.90 Å². The maximum Gasteiger partial charge on any atom is 0.337 e. The van der Waals surface area contributed by atoms with Gasteiger partial charge in [0.25, 0.3) is 0 Å². The number of methoxy groups -OCH3 is 3. The predicted octanol–water partition coefficient (Wildman–Crippen LogP) is 3.70. The molecule has 0 bridgehead atoms. The van der Waals surface area contributed by atoms with Gasteiger partial charge < -0.3 is 19.2 Å². The minimum Gasteiger partial charge on any atom is -0.504 e. The molecule has 7 heteroatoms. The Hall–Kier alpha value is -2.98. The lowest BCUT2D eigenvalue weighted by Gasteiger charge is -2.46. The summed E-state index contributed by atoms with van der Waals surface area (Å²) in [4.78, 5) is 18.6. The highest BCUT2D eigenvalue weighted by molar-refractivity contribution is 5.92. The molecule has 0 amide bonds. The number of aromatic amines is 1. The lowest BCUT2D eigenvalue weighted by Crippen LogP contribution is -2.47. The number of piperidine rings is 1. The van der Waals surface area contributed by atoms with Crippen molar-refractivity contribution in [3.63, 3.8) is 0 Å². The number of nitrogens with one attached hydrogen (secondary N) is 1. The quantitative estimate of drug-likeness (QED) is 0.448. The van der Waals surface area contributed by atoms with Crippen molar-refractivity contribution in [2.75, 3.05) is 34.4 Å². The molecule has 7 nitrogen and oxygen atoms in total. The van der Waals surface area contributed by atoms with E-state index in [0.717, 1.165) is 54.7 Å². The molecule has 2 aromatic rings. The number of ether oxygens (including phenoxy) is 3. The van der Waals surface area contributed by atoms with Gasteiger partial charge in [-0.15, -0.1) is 0 Å². The normalized spacial score (nSPS) is 23.6. The van der Waals surface area contributed by atoms with Crippen molar-refractivity contribution in [1.29, 1.82) is 5.26 Å². The molecule has 1 saturated heterocycles. The Labute approximate surface area is 182 Å².